The molecular formula is C27H25N5O4. The van der Waals surface area contributed by atoms with Gasteiger partial charge in [0.05, 0.1) is 34.8 Å². The Labute approximate surface area is 206 Å². The van der Waals surface area contributed by atoms with Crippen LogP contribution in [-0.2, 0) is 11.3 Å². The first-order chi connectivity index (χ1) is 17.4. The van der Waals surface area contributed by atoms with Crippen molar-refractivity contribution in [3.8, 4) is 11.4 Å². The van der Waals surface area contributed by atoms with Crippen molar-refractivity contribution >= 4 is 27.7 Å². The zero-order chi connectivity index (χ0) is 25.2. The van der Waals surface area contributed by atoms with E-state index in [0.29, 0.717) is 22.3 Å². The van der Waals surface area contributed by atoms with Crippen molar-refractivity contribution in [2.45, 2.75) is 26.4 Å². The van der Waals surface area contributed by atoms with E-state index in [0.717, 1.165) is 21.0 Å². The first kappa shape index (κ1) is 23.1. The van der Waals surface area contributed by atoms with Crippen LogP contribution in [-0.4, -0.2) is 37.9 Å². The number of fused-ring (bicyclic) bond motifs is 2. The molecule has 0 aliphatic heterocycles. The van der Waals surface area contributed by atoms with Crippen molar-refractivity contribution in [3.05, 3.63) is 99.3 Å². The van der Waals surface area contributed by atoms with Crippen LogP contribution in [0.1, 0.15) is 19.4 Å². The van der Waals surface area contributed by atoms with Gasteiger partial charge in [-0.1, -0.05) is 24.3 Å². The minimum Gasteiger partial charge on any atom is -0.484 e. The highest BCUT2D eigenvalue weighted by atomic mass is 16.5. The molecule has 5 rings (SSSR count). The number of aromatic nitrogens is 4. The highest BCUT2D eigenvalue weighted by Gasteiger charge is 2.16. The number of nitrogens with zero attached hydrogens (tertiary/aromatic N) is 3. The molecule has 2 N–H and O–H groups in total. The van der Waals surface area contributed by atoms with E-state index in [4.69, 9.17) is 4.74 Å². The van der Waals surface area contributed by atoms with Gasteiger partial charge in [-0.05, 0) is 55.8 Å². The molecule has 0 unspecified atom stereocenters. The van der Waals surface area contributed by atoms with Crippen LogP contribution >= 0.6 is 0 Å². The third kappa shape index (κ3) is 4.50. The summed E-state index contributed by atoms with van der Waals surface area (Å²) in [5.41, 5.74) is 1.81. The first-order valence-corrected chi connectivity index (χ1v) is 11.6. The minimum absolute atomic E-state index is 0.00343. The number of rotatable bonds is 7. The molecule has 0 fully saturated rings. The van der Waals surface area contributed by atoms with Gasteiger partial charge in [0.2, 0.25) is 0 Å². The Kier molecular flexibility index (Phi) is 6.12. The Morgan fingerprint density at radius 1 is 1.06 bits per heavy atom. The van der Waals surface area contributed by atoms with Crippen molar-refractivity contribution in [1.29, 1.82) is 0 Å². The molecule has 0 spiro atoms. The summed E-state index contributed by atoms with van der Waals surface area (Å²) in [6.07, 6.45) is 1.73. The fourth-order valence-electron chi connectivity index (χ4n) is 4.20. The zero-order valence-electron chi connectivity index (χ0n) is 19.9. The molecular weight excluding hydrogens is 458 g/mol. The average molecular weight is 484 g/mol. The van der Waals surface area contributed by atoms with Gasteiger partial charge in [-0.15, -0.1) is 0 Å². The predicted octanol–water partition coefficient (Wildman–Crippen LogP) is 2.98. The van der Waals surface area contributed by atoms with E-state index in [-0.39, 0.29) is 25.1 Å². The summed E-state index contributed by atoms with van der Waals surface area (Å²) in [4.78, 5) is 39.1. The molecule has 2 aromatic heterocycles. The van der Waals surface area contributed by atoms with Crippen LogP contribution in [0.4, 0.5) is 0 Å². The number of H-pyrrole nitrogens is 1. The van der Waals surface area contributed by atoms with Gasteiger partial charge in [0, 0.05) is 17.5 Å². The van der Waals surface area contributed by atoms with Gasteiger partial charge in [-0.3, -0.25) is 19.3 Å². The summed E-state index contributed by atoms with van der Waals surface area (Å²) in [6.45, 7) is 3.83. The number of benzene rings is 3. The van der Waals surface area contributed by atoms with E-state index in [1.807, 2.05) is 32.0 Å². The van der Waals surface area contributed by atoms with E-state index >= 15 is 0 Å². The summed E-state index contributed by atoms with van der Waals surface area (Å²) >= 11 is 0. The van der Waals surface area contributed by atoms with E-state index in [2.05, 4.69) is 15.5 Å². The predicted molar refractivity (Wildman–Crippen MR) is 138 cm³/mol. The number of ether oxygens (including phenoxy) is 1. The number of amides is 1. The molecule has 9 heteroatoms. The topological polar surface area (TPSA) is 111 Å². The third-order valence-electron chi connectivity index (χ3n) is 5.79. The number of para-hydroxylation sites is 1. The maximum atomic E-state index is 13.7. The summed E-state index contributed by atoms with van der Waals surface area (Å²) < 4.78 is 8.34. The molecule has 182 valence electrons. The smallest absolute Gasteiger partial charge is 0.336 e. The Morgan fingerprint density at radius 2 is 1.89 bits per heavy atom. The van der Waals surface area contributed by atoms with Crippen LogP contribution in [0.3, 0.4) is 0 Å². The molecule has 0 aliphatic carbocycles. The van der Waals surface area contributed by atoms with Crippen LogP contribution in [0, 0.1) is 0 Å². The van der Waals surface area contributed by atoms with Crippen LogP contribution in [0.15, 0.2) is 82.5 Å². The normalized spacial score (nSPS) is 11.3. The van der Waals surface area contributed by atoms with Crippen molar-refractivity contribution < 1.29 is 9.53 Å². The summed E-state index contributed by atoms with van der Waals surface area (Å²) in [5, 5.41) is 11.1. The van der Waals surface area contributed by atoms with Gasteiger partial charge in [0.15, 0.2) is 6.61 Å². The van der Waals surface area contributed by atoms with Gasteiger partial charge in [0.1, 0.15) is 5.75 Å². The largest absolute Gasteiger partial charge is 0.484 e. The Bertz CT molecular complexity index is 1700. The van der Waals surface area contributed by atoms with Crippen LogP contribution in [0.5, 0.6) is 5.75 Å². The molecule has 0 radical (unpaired) electrons. The second-order valence-corrected chi connectivity index (χ2v) is 8.83. The Morgan fingerprint density at radius 3 is 2.72 bits per heavy atom. The van der Waals surface area contributed by atoms with Crippen molar-refractivity contribution in [3.63, 3.8) is 0 Å². The molecule has 0 bridgehead atoms. The van der Waals surface area contributed by atoms with Crippen molar-refractivity contribution in [2.24, 2.45) is 0 Å². The van der Waals surface area contributed by atoms with Gasteiger partial charge in [0.25, 0.3) is 11.5 Å². The number of aromatic amines is 1. The van der Waals surface area contributed by atoms with Gasteiger partial charge in [-0.2, -0.15) is 5.10 Å². The standard InChI is InChI=1S/C27H25N5O4/c1-17(2)29-25(33)16-36-21-7-5-6-20(13-21)32-26(34)22-8-3-4-9-24(22)31(27(32)35)15-18-10-11-23-19(12-18)14-28-30-23/h3-14,17H,15-16H2,1-2H3,(H,28,30)(H,29,33). The molecule has 36 heavy (non-hydrogen) atoms. The Hall–Kier alpha value is -4.66. The highest BCUT2D eigenvalue weighted by molar-refractivity contribution is 5.80. The van der Waals surface area contributed by atoms with E-state index in [1.54, 1.807) is 59.3 Å². The van der Waals surface area contributed by atoms with Gasteiger partial charge < -0.3 is 10.1 Å². The maximum Gasteiger partial charge on any atom is 0.336 e. The zero-order valence-corrected chi connectivity index (χ0v) is 19.9. The molecule has 3 aromatic carbocycles. The molecule has 0 atom stereocenters. The maximum absolute atomic E-state index is 13.7. The number of hydrogen-bond donors (Lipinski definition) is 2. The second-order valence-electron chi connectivity index (χ2n) is 8.83. The van der Waals surface area contributed by atoms with Gasteiger partial charge >= 0.3 is 5.69 Å². The molecule has 5 aromatic rings. The molecule has 9 nitrogen and oxygen atoms in total. The molecule has 0 saturated heterocycles. The molecule has 1 amide bonds. The SMILES string of the molecule is CC(C)NC(=O)COc1cccc(-n2c(=O)c3ccccc3n(Cc3ccc4[nH]ncc4c3)c2=O)c1. The second kappa shape index (κ2) is 9.53. The van der Waals surface area contributed by atoms with Crippen molar-refractivity contribution in [2.75, 3.05) is 6.61 Å². The van der Waals surface area contributed by atoms with E-state index in [9.17, 15) is 14.4 Å². The number of hydrogen-bond acceptors (Lipinski definition) is 5. The number of carbonyl (C=O) groups is 1. The van der Waals surface area contributed by atoms with Crippen LogP contribution in [0.2, 0.25) is 0 Å². The third-order valence-corrected chi connectivity index (χ3v) is 5.79. The summed E-state index contributed by atoms with van der Waals surface area (Å²) in [6, 6.07) is 19.5. The number of nitrogens with one attached hydrogen (secondary N) is 2. The van der Waals surface area contributed by atoms with E-state index in [1.165, 1.54) is 0 Å². The number of carbonyl (C=O) groups excluding carboxylic acids is 1. The van der Waals surface area contributed by atoms with E-state index < -0.39 is 11.2 Å². The van der Waals surface area contributed by atoms with Crippen LogP contribution in [0.25, 0.3) is 27.5 Å². The summed E-state index contributed by atoms with van der Waals surface area (Å²) in [5.74, 6) is 0.123. The Balaban J connectivity index is 1.57. The lowest BCUT2D eigenvalue weighted by molar-refractivity contribution is -0.123. The fourth-order valence-corrected chi connectivity index (χ4v) is 4.20. The fraction of sp³-hybridized carbons (Fsp3) is 0.185. The molecule has 0 saturated carbocycles. The molecule has 2 heterocycles. The molecule has 0 aliphatic rings. The monoisotopic (exact) mass is 483 g/mol. The van der Waals surface area contributed by atoms with Crippen molar-refractivity contribution in [1.82, 2.24) is 24.6 Å². The lowest BCUT2D eigenvalue weighted by atomic mass is 10.1. The lowest BCUT2D eigenvalue weighted by Crippen LogP contribution is -2.39. The minimum atomic E-state index is -0.472. The first-order valence-electron chi connectivity index (χ1n) is 11.6. The highest BCUT2D eigenvalue weighted by Crippen LogP contribution is 2.18. The van der Waals surface area contributed by atoms with Gasteiger partial charge in [-0.25, -0.2) is 9.36 Å². The quantitative estimate of drug-likeness (QED) is 0.370. The van der Waals surface area contributed by atoms with Crippen LogP contribution < -0.4 is 21.3 Å². The summed E-state index contributed by atoms with van der Waals surface area (Å²) in [7, 11) is 0. The average Bonchev–Trinajstić information content (AvgIpc) is 3.33. The lowest BCUT2D eigenvalue weighted by Gasteiger charge is -2.15.